The van der Waals surface area contributed by atoms with E-state index in [9.17, 15) is 0 Å². The highest BCUT2D eigenvalue weighted by molar-refractivity contribution is 5.47. The third-order valence-corrected chi connectivity index (χ3v) is 4.02. The first kappa shape index (κ1) is 13.1. The number of hydrogen-bond donors (Lipinski definition) is 1. The van der Waals surface area contributed by atoms with E-state index in [0.29, 0.717) is 11.9 Å². The summed E-state index contributed by atoms with van der Waals surface area (Å²) in [6.07, 6.45) is 6.07. The van der Waals surface area contributed by atoms with Gasteiger partial charge in [0, 0.05) is 25.6 Å². The second kappa shape index (κ2) is 5.55. The Balaban J connectivity index is 2.21. The van der Waals surface area contributed by atoms with Crippen LogP contribution in [0.3, 0.4) is 0 Å². The predicted octanol–water partition coefficient (Wildman–Crippen LogP) is 2.64. The molecule has 1 aromatic heterocycles. The number of hydrogen-bond acceptors (Lipinski definition) is 4. The van der Waals surface area contributed by atoms with Crippen molar-refractivity contribution in [2.75, 3.05) is 17.7 Å². The fourth-order valence-corrected chi connectivity index (χ4v) is 2.88. The van der Waals surface area contributed by atoms with E-state index in [1.54, 1.807) is 0 Å². The molecule has 0 saturated heterocycles. The average molecular weight is 248 g/mol. The molecule has 0 aromatic carbocycles. The second-order valence-electron chi connectivity index (χ2n) is 5.36. The molecule has 1 aromatic rings. The summed E-state index contributed by atoms with van der Waals surface area (Å²) < 4.78 is 0. The van der Waals surface area contributed by atoms with Gasteiger partial charge in [-0.05, 0) is 18.8 Å². The molecule has 0 amide bonds. The van der Waals surface area contributed by atoms with Crippen LogP contribution in [0.5, 0.6) is 0 Å². The summed E-state index contributed by atoms with van der Waals surface area (Å²) in [5, 5.41) is 0. The van der Waals surface area contributed by atoms with Gasteiger partial charge in [-0.25, -0.2) is 9.97 Å². The number of anilines is 2. The lowest BCUT2D eigenvalue weighted by atomic mass is 9.85. The highest BCUT2D eigenvalue weighted by Gasteiger charge is 2.26. The molecular formula is C14H24N4. The Kier molecular flexibility index (Phi) is 4.04. The maximum Gasteiger partial charge on any atom is 0.134 e. The highest BCUT2D eigenvalue weighted by atomic mass is 15.2. The Hall–Kier alpha value is -1.32. The minimum atomic E-state index is 0.576. The Bertz CT molecular complexity index is 405. The molecule has 4 nitrogen and oxygen atoms in total. The van der Waals surface area contributed by atoms with Crippen LogP contribution >= 0.6 is 0 Å². The third kappa shape index (κ3) is 2.74. The standard InChI is InChI=1S/C14H24N4/c1-4-13-16-12(15)9-14(17-13)18(3)11-8-6-5-7-10(11)2/h9-11H,4-8H2,1-3H3,(H2,15,16,17). The lowest BCUT2D eigenvalue weighted by Gasteiger charge is -2.37. The number of nitrogens with zero attached hydrogens (tertiary/aromatic N) is 3. The molecule has 0 aliphatic heterocycles. The zero-order chi connectivity index (χ0) is 13.1. The summed E-state index contributed by atoms with van der Waals surface area (Å²) in [4.78, 5) is 11.1. The Morgan fingerprint density at radius 2 is 2.06 bits per heavy atom. The summed E-state index contributed by atoms with van der Waals surface area (Å²) in [6.45, 7) is 4.40. The first-order valence-corrected chi connectivity index (χ1v) is 6.98. The van der Waals surface area contributed by atoms with Crippen LogP contribution in [0.1, 0.15) is 45.4 Å². The Morgan fingerprint density at radius 1 is 1.33 bits per heavy atom. The average Bonchev–Trinajstić information content (AvgIpc) is 2.37. The largest absolute Gasteiger partial charge is 0.384 e. The Labute approximate surface area is 110 Å². The normalized spacial score (nSPS) is 23.9. The third-order valence-electron chi connectivity index (χ3n) is 4.02. The molecule has 1 heterocycles. The van der Waals surface area contributed by atoms with Crippen molar-refractivity contribution in [3.05, 3.63) is 11.9 Å². The highest BCUT2D eigenvalue weighted by Crippen LogP contribution is 2.30. The first-order chi connectivity index (χ1) is 8.61. The van der Waals surface area contributed by atoms with Gasteiger partial charge >= 0.3 is 0 Å². The molecule has 2 N–H and O–H groups in total. The van der Waals surface area contributed by atoms with Crippen LogP contribution in [0.15, 0.2) is 6.07 Å². The molecule has 4 heteroatoms. The maximum absolute atomic E-state index is 5.86. The van der Waals surface area contributed by atoms with Crippen molar-refractivity contribution in [1.29, 1.82) is 0 Å². The minimum Gasteiger partial charge on any atom is -0.384 e. The molecule has 2 atom stereocenters. The fourth-order valence-electron chi connectivity index (χ4n) is 2.88. The van der Waals surface area contributed by atoms with E-state index < -0.39 is 0 Å². The van der Waals surface area contributed by atoms with Crippen molar-refractivity contribution < 1.29 is 0 Å². The van der Waals surface area contributed by atoms with E-state index >= 15 is 0 Å². The van der Waals surface area contributed by atoms with Gasteiger partial charge in [-0.2, -0.15) is 0 Å². The van der Waals surface area contributed by atoms with Gasteiger partial charge in [-0.3, -0.25) is 0 Å². The summed E-state index contributed by atoms with van der Waals surface area (Å²) >= 11 is 0. The van der Waals surface area contributed by atoms with E-state index in [1.807, 2.05) is 6.07 Å². The molecule has 2 unspecified atom stereocenters. The van der Waals surface area contributed by atoms with Crippen molar-refractivity contribution in [1.82, 2.24) is 9.97 Å². The van der Waals surface area contributed by atoms with E-state index in [0.717, 1.165) is 24.0 Å². The Morgan fingerprint density at radius 3 is 2.72 bits per heavy atom. The monoisotopic (exact) mass is 248 g/mol. The van der Waals surface area contributed by atoms with Crippen LogP contribution < -0.4 is 10.6 Å². The summed E-state index contributed by atoms with van der Waals surface area (Å²) in [7, 11) is 2.13. The lowest BCUT2D eigenvalue weighted by Crippen LogP contribution is -2.39. The molecule has 1 saturated carbocycles. The van der Waals surface area contributed by atoms with Crippen LogP contribution in [0.25, 0.3) is 0 Å². The zero-order valence-electron chi connectivity index (χ0n) is 11.7. The quantitative estimate of drug-likeness (QED) is 0.893. The summed E-state index contributed by atoms with van der Waals surface area (Å²) in [6, 6.07) is 2.47. The van der Waals surface area contributed by atoms with Gasteiger partial charge in [0.1, 0.15) is 17.5 Å². The molecule has 1 aliphatic rings. The predicted molar refractivity (Wildman–Crippen MR) is 75.6 cm³/mol. The van der Waals surface area contributed by atoms with Crippen LogP contribution in [-0.2, 0) is 6.42 Å². The first-order valence-electron chi connectivity index (χ1n) is 6.98. The SMILES string of the molecule is CCc1nc(N)cc(N(C)C2CCCCC2C)n1. The van der Waals surface area contributed by atoms with Crippen LogP contribution in [0.4, 0.5) is 11.6 Å². The number of rotatable bonds is 3. The molecular weight excluding hydrogens is 224 g/mol. The van der Waals surface area contributed by atoms with E-state index in [2.05, 4.69) is 35.8 Å². The molecule has 0 bridgehead atoms. The van der Waals surface area contributed by atoms with Gasteiger partial charge in [0.15, 0.2) is 0 Å². The number of nitrogens with two attached hydrogens (primary N) is 1. The van der Waals surface area contributed by atoms with Gasteiger partial charge in [-0.1, -0.05) is 26.7 Å². The van der Waals surface area contributed by atoms with Gasteiger partial charge in [0.2, 0.25) is 0 Å². The maximum atomic E-state index is 5.86. The van der Waals surface area contributed by atoms with Gasteiger partial charge in [0.25, 0.3) is 0 Å². The van der Waals surface area contributed by atoms with Crippen molar-refractivity contribution in [2.24, 2.45) is 5.92 Å². The van der Waals surface area contributed by atoms with Gasteiger partial charge in [0.05, 0.1) is 0 Å². The summed E-state index contributed by atoms with van der Waals surface area (Å²) in [5.41, 5.74) is 5.86. The van der Waals surface area contributed by atoms with E-state index in [4.69, 9.17) is 5.73 Å². The lowest BCUT2D eigenvalue weighted by molar-refractivity contribution is 0.320. The summed E-state index contributed by atoms with van der Waals surface area (Å²) in [5.74, 6) is 3.11. The van der Waals surface area contributed by atoms with Crippen LogP contribution in [0.2, 0.25) is 0 Å². The van der Waals surface area contributed by atoms with E-state index in [-0.39, 0.29) is 0 Å². The fraction of sp³-hybridized carbons (Fsp3) is 0.714. The number of nitrogen functional groups attached to an aromatic ring is 1. The number of aromatic nitrogens is 2. The second-order valence-corrected chi connectivity index (χ2v) is 5.36. The molecule has 0 radical (unpaired) electrons. The van der Waals surface area contributed by atoms with Crippen molar-refractivity contribution in [3.8, 4) is 0 Å². The van der Waals surface area contributed by atoms with Crippen molar-refractivity contribution in [2.45, 2.75) is 52.0 Å². The topological polar surface area (TPSA) is 55.0 Å². The van der Waals surface area contributed by atoms with E-state index in [1.165, 1.54) is 25.7 Å². The molecule has 1 aliphatic carbocycles. The number of aryl methyl sites for hydroxylation is 1. The molecule has 0 spiro atoms. The smallest absolute Gasteiger partial charge is 0.134 e. The molecule has 1 fully saturated rings. The van der Waals surface area contributed by atoms with Gasteiger partial charge < -0.3 is 10.6 Å². The van der Waals surface area contributed by atoms with Gasteiger partial charge in [-0.15, -0.1) is 0 Å². The molecule has 2 rings (SSSR count). The molecule has 100 valence electrons. The molecule has 18 heavy (non-hydrogen) atoms. The van der Waals surface area contributed by atoms with Crippen LogP contribution in [0, 0.1) is 5.92 Å². The minimum absolute atomic E-state index is 0.576. The van der Waals surface area contributed by atoms with Crippen molar-refractivity contribution in [3.63, 3.8) is 0 Å². The van der Waals surface area contributed by atoms with Crippen molar-refractivity contribution >= 4 is 11.6 Å². The van der Waals surface area contributed by atoms with Crippen LogP contribution in [-0.4, -0.2) is 23.1 Å². The zero-order valence-corrected chi connectivity index (χ0v) is 11.7.